The Bertz CT molecular complexity index is 339. The van der Waals surface area contributed by atoms with Crippen molar-refractivity contribution in [1.29, 1.82) is 0 Å². The van der Waals surface area contributed by atoms with Crippen LogP contribution >= 0.6 is 0 Å². The number of hydrogen-bond acceptors (Lipinski definition) is 3. The van der Waals surface area contributed by atoms with Crippen LogP contribution in [-0.2, 0) is 0 Å². The molecule has 0 aromatic heterocycles. The number of methoxy groups -OCH3 is 1. The number of anilines is 2. The van der Waals surface area contributed by atoms with E-state index >= 15 is 0 Å². The average Bonchev–Trinajstić information content (AvgIpc) is 2.29. The second-order valence-corrected chi connectivity index (χ2v) is 4.17. The zero-order valence-corrected chi connectivity index (χ0v) is 10.7. The summed E-state index contributed by atoms with van der Waals surface area (Å²) in [5.74, 6) is 0.847. The van der Waals surface area contributed by atoms with Crippen LogP contribution in [0.4, 0.5) is 11.4 Å². The first kappa shape index (κ1) is 12.7. The second-order valence-electron chi connectivity index (χ2n) is 4.17. The molecule has 2 N–H and O–H groups in total. The van der Waals surface area contributed by atoms with Gasteiger partial charge in [-0.1, -0.05) is 13.3 Å². The third-order valence-electron chi connectivity index (χ3n) is 2.99. The summed E-state index contributed by atoms with van der Waals surface area (Å²) in [6, 6.07) is 6.25. The SMILES string of the molecule is CCCC(C)N(C)c1cc(OC)ccc1N. The maximum absolute atomic E-state index is 5.98. The van der Waals surface area contributed by atoms with Crippen LogP contribution in [0.2, 0.25) is 0 Å². The minimum Gasteiger partial charge on any atom is -0.497 e. The summed E-state index contributed by atoms with van der Waals surface area (Å²) in [6.45, 7) is 4.40. The van der Waals surface area contributed by atoms with Crippen molar-refractivity contribution in [3.05, 3.63) is 18.2 Å². The Balaban J connectivity index is 2.92. The molecule has 3 heteroatoms. The van der Waals surface area contributed by atoms with Crippen LogP contribution in [-0.4, -0.2) is 20.2 Å². The van der Waals surface area contributed by atoms with Gasteiger partial charge in [0.1, 0.15) is 5.75 Å². The first-order valence-corrected chi connectivity index (χ1v) is 5.76. The molecule has 0 aliphatic heterocycles. The van der Waals surface area contributed by atoms with Gasteiger partial charge in [-0.2, -0.15) is 0 Å². The normalized spacial score (nSPS) is 12.2. The lowest BCUT2D eigenvalue weighted by atomic mass is 10.1. The molecule has 1 rings (SSSR count). The highest BCUT2D eigenvalue weighted by molar-refractivity contribution is 5.69. The first-order chi connectivity index (χ1) is 7.60. The summed E-state index contributed by atoms with van der Waals surface area (Å²) in [4.78, 5) is 2.21. The van der Waals surface area contributed by atoms with E-state index in [1.807, 2.05) is 18.2 Å². The molecular weight excluding hydrogens is 200 g/mol. The summed E-state index contributed by atoms with van der Waals surface area (Å²) < 4.78 is 5.22. The van der Waals surface area contributed by atoms with Crippen LogP contribution in [0.3, 0.4) is 0 Å². The molecule has 0 aliphatic rings. The van der Waals surface area contributed by atoms with Crippen LogP contribution in [0, 0.1) is 0 Å². The summed E-state index contributed by atoms with van der Waals surface area (Å²) in [6.07, 6.45) is 2.34. The molecule has 0 saturated carbocycles. The number of nitrogens with zero attached hydrogens (tertiary/aromatic N) is 1. The van der Waals surface area contributed by atoms with Crippen molar-refractivity contribution >= 4 is 11.4 Å². The van der Waals surface area contributed by atoms with Crippen molar-refractivity contribution in [3.63, 3.8) is 0 Å². The highest BCUT2D eigenvalue weighted by Crippen LogP contribution is 2.29. The molecule has 16 heavy (non-hydrogen) atoms. The molecule has 0 spiro atoms. The summed E-state index contributed by atoms with van der Waals surface area (Å²) in [5, 5.41) is 0. The standard InChI is InChI=1S/C13H22N2O/c1-5-6-10(2)15(3)13-9-11(16-4)7-8-12(13)14/h7-10H,5-6,14H2,1-4H3. The smallest absolute Gasteiger partial charge is 0.121 e. The van der Waals surface area contributed by atoms with Gasteiger partial charge in [0.15, 0.2) is 0 Å². The summed E-state index contributed by atoms with van der Waals surface area (Å²) >= 11 is 0. The number of ether oxygens (including phenoxy) is 1. The zero-order chi connectivity index (χ0) is 12.1. The fourth-order valence-corrected chi connectivity index (χ4v) is 1.80. The molecule has 0 fully saturated rings. The highest BCUT2D eigenvalue weighted by atomic mass is 16.5. The Hall–Kier alpha value is -1.38. The first-order valence-electron chi connectivity index (χ1n) is 5.76. The number of rotatable bonds is 5. The van der Waals surface area contributed by atoms with Gasteiger partial charge in [0.2, 0.25) is 0 Å². The minimum atomic E-state index is 0.486. The van der Waals surface area contributed by atoms with Crippen molar-refractivity contribution in [3.8, 4) is 5.75 Å². The van der Waals surface area contributed by atoms with E-state index in [2.05, 4.69) is 25.8 Å². The van der Waals surface area contributed by atoms with Crippen molar-refractivity contribution in [1.82, 2.24) is 0 Å². The molecule has 1 aromatic rings. The van der Waals surface area contributed by atoms with E-state index in [0.29, 0.717) is 6.04 Å². The molecular formula is C13H22N2O. The largest absolute Gasteiger partial charge is 0.497 e. The van der Waals surface area contributed by atoms with Gasteiger partial charge < -0.3 is 15.4 Å². The van der Waals surface area contributed by atoms with Gasteiger partial charge in [-0.25, -0.2) is 0 Å². The van der Waals surface area contributed by atoms with Gasteiger partial charge in [-0.05, 0) is 25.5 Å². The van der Waals surface area contributed by atoms with Crippen LogP contribution in [0.25, 0.3) is 0 Å². The predicted molar refractivity (Wildman–Crippen MR) is 70.2 cm³/mol. The Morgan fingerprint density at radius 1 is 1.44 bits per heavy atom. The van der Waals surface area contributed by atoms with Crippen LogP contribution in [0.5, 0.6) is 5.75 Å². The summed E-state index contributed by atoms with van der Waals surface area (Å²) in [7, 11) is 3.75. The lowest BCUT2D eigenvalue weighted by Gasteiger charge is -2.28. The van der Waals surface area contributed by atoms with Crippen molar-refractivity contribution in [2.75, 3.05) is 24.8 Å². The van der Waals surface area contributed by atoms with E-state index in [4.69, 9.17) is 10.5 Å². The number of nitrogen functional groups attached to an aromatic ring is 1. The van der Waals surface area contributed by atoms with E-state index in [1.54, 1.807) is 7.11 Å². The Morgan fingerprint density at radius 3 is 2.69 bits per heavy atom. The molecule has 90 valence electrons. The highest BCUT2D eigenvalue weighted by Gasteiger charge is 2.12. The number of hydrogen-bond donors (Lipinski definition) is 1. The Kier molecular flexibility index (Phi) is 4.47. The quantitative estimate of drug-likeness (QED) is 0.778. The van der Waals surface area contributed by atoms with Crippen LogP contribution in [0.15, 0.2) is 18.2 Å². The molecule has 0 saturated heterocycles. The van der Waals surface area contributed by atoms with Crippen molar-refractivity contribution in [2.45, 2.75) is 32.7 Å². The maximum atomic E-state index is 5.98. The van der Waals surface area contributed by atoms with Crippen LogP contribution < -0.4 is 15.4 Å². The van der Waals surface area contributed by atoms with Gasteiger partial charge in [0, 0.05) is 19.2 Å². The molecule has 0 amide bonds. The molecule has 1 unspecified atom stereocenters. The predicted octanol–water partition coefficient (Wildman–Crippen LogP) is 2.90. The molecule has 0 bridgehead atoms. The minimum absolute atomic E-state index is 0.486. The monoisotopic (exact) mass is 222 g/mol. The van der Waals surface area contributed by atoms with Gasteiger partial charge >= 0.3 is 0 Å². The lowest BCUT2D eigenvalue weighted by Crippen LogP contribution is -2.29. The fourth-order valence-electron chi connectivity index (χ4n) is 1.80. The van der Waals surface area contributed by atoms with Gasteiger partial charge in [-0.15, -0.1) is 0 Å². The molecule has 0 heterocycles. The molecule has 1 atom stereocenters. The maximum Gasteiger partial charge on any atom is 0.121 e. The Morgan fingerprint density at radius 2 is 2.12 bits per heavy atom. The van der Waals surface area contributed by atoms with E-state index in [1.165, 1.54) is 6.42 Å². The molecule has 0 aliphatic carbocycles. The lowest BCUT2D eigenvalue weighted by molar-refractivity contribution is 0.414. The zero-order valence-electron chi connectivity index (χ0n) is 10.7. The molecule has 3 nitrogen and oxygen atoms in total. The third kappa shape index (κ3) is 2.81. The van der Waals surface area contributed by atoms with E-state index < -0.39 is 0 Å². The third-order valence-corrected chi connectivity index (χ3v) is 2.99. The van der Waals surface area contributed by atoms with Gasteiger partial charge in [0.25, 0.3) is 0 Å². The van der Waals surface area contributed by atoms with Crippen molar-refractivity contribution in [2.24, 2.45) is 0 Å². The molecule has 0 radical (unpaired) electrons. The van der Waals surface area contributed by atoms with E-state index in [9.17, 15) is 0 Å². The average molecular weight is 222 g/mol. The van der Waals surface area contributed by atoms with Gasteiger partial charge in [0.05, 0.1) is 18.5 Å². The van der Waals surface area contributed by atoms with Crippen molar-refractivity contribution < 1.29 is 4.74 Å². The summed E-state index contributed by atoms with van der Waals surface area (Å²) in [5.41, 5.74) is 7.82. The Labute approximate surface area is 98.2 Å². The second kappa shape index (κ2) is 5.64. The number of nitrogens with two attached hydrogens (primary N) is 1. The van der Waals surface area contributed by atoms with Crippen LogP contribution in [0.1, 0.15) is 26.7 Å². The van der Waals surface area contributed by atoms with E-state index in [-0.39, 0.29) is 0 Å². The van der Waals surface area contributed by atoms with E-state index in [0.717, 1.165) is 23.5 Å². The topological polar surface area (TPSA) is 38.5 Å². The fraction of sp³-hybridized carbons (Fsp3) is 0.538. The number of benzene rings is 1. The molecule has 1 aromatic carbocycles. The van der Waals surface area contributed by atoms with Gasteiger partial charge in [-0.3, -0.25) is 0 Å².